The summed E-state index contributed by atoms with van der Waals surface area (Å²) >= 11 is 0. The molecule has 7 heteroatoms. The van der Waals surface area contributed by atoms with Gasteiger partial charge in [0.1, 0.15) is 0 Å². The molecule has 1 heterocycles. The molecule has 0 spiro atoms. The summed E-state index contributed by atoms with van der Waals surface area (Å²) in [6, 6.07) is 0. The van der Waals surface area contributed by atoms with Crippen molar-refractivity contribution in [1.82, 2.24) is 19.9 Å². The van der Waals surface area contributed by atoms with Crippen molar-refractivity contribution >= 4 is 11.9 Å². The van der Waals surface area contributed by atoms with Gasteiger partial charge in [-0.1, -0.05) is 12.1 Å². The van der Waals surface area contributed by atoms with Crippen LogP contribution in [0.15, 0.2) is 0 Å². The molecule has 0 aromatic carbocycles. The minimum atomic E-state index is -0.503. The molecule has 0 unspecified atom stereocenters. The molecule has 1 aromatic heterocycles. The molecule has 0 aliphatic heterocycles. The number of nitrogens with zero attached hydrogens (tertiary/aromatic N) is 4. The zero-order chi connectivity index (χ0) is 13.7. The molecule has 1 aromatic rings. The van der Waals surface area contributed by atoms with Crippen LogP contribution >= 0.6 is 0 Å². The number of amides is 1. The lowest BCUT2D eigenvalue weighted by Crippen LogP contribution is -2.23. The Hall–Kier alpha value is -1.92. The van der Waals surface area contributed by atoms with Gasteiger partial charge < -0.3 is 9.64 Å². The second kappa shape index (κ2) is 6.13. The summed E-state index contributed by atoms with van der Waals surface area (Å²) in [5.74, 6) is -0.496. The first-order valence-electron chi connectivity index (χ1n) is 5.72. The smallest absolute Gasteiger partial charge is 0.360 e. The van der Waals surface area contributed by atoms with Crippen LogP contribution in [0, 0.1) is 0 Å². The molecule has 7 nitrogen and oxygen atoms in total. The maximum atomic E-state index is 11.5. The predicted molar refractivity (Wildman–Crippen MR) is 64.1 cm³/mol. The quantitative estimate of drug-likeness (QED) is 0.697. The van der Waals surface area contributed by atoms with Crippen molar-refractivity contribution in [3.63, 3.8) is 0 Å². The van der Waals surface area contributed by atoms with E-state index in [4.69, 9.17) is 0 Å². The largest absolute Gasteiger partial charge is 0.464 e. The van der Waals surface area contributed by atoms with Crippen LogP contribution in [0.1, 0.15) is 29.5 Å². The maximum Gasteiger partial charge on any atom is 0.360 e. The second-order valence-electron chi connectivity index (χ2n) is 3.99. The van der Waals surface area contributed by atoms with Gasteiger partial charge in [-0.15, -0.1) is 5.10 Å². The van der Waals surface area contributed by atoms with Crippen molar-refractivity contribution in [1.29, 1.82) is 0 Å². The molecule has 18 heavy (non-hydrogen) atoms. The van der Waals surface area contributed by atoms with Crippen LogP contribution in [0.4, 0.5) is 0 Å². The fourth-order valence-electron chi connectivity index (χ4n) is 1.54. The number of carbonyl (C=O) groups is 2. The van der Waals surface area contributed by atoms with E-state index in [0.29, 0.717) is 25.1 Å². The minimum Gasteiger partial charge on any atom is -0.464 e. The summed E-state index contributed by atoms with van der Waals surface area (Å²) in [5.41, 5.74) is 0.908. The van der Waals surface area contributed by atoms with Gasteiger partial charge in [-0.05, 0) is 6.42 Å². The Morgan fingerprint density at radius 3 is 2.56 bits per heavy atom. The summed E-state index contributed by atoms with van der Waals surface area (Å²) in [5, 5.41) is 7.68. The third kappa shape index (κ3) is 3.06. The molecule has 0 N–H and O–H groups in total. The van der Waals surface area contributed by atoms with E-state index in [-0.39, 0.29) is 11.6 Å². The zero-order valence-corrected chi connectivity index (χ0v) is 11.1. The third-order valence-electron chi connectivity index (χ3n) is 2.59. The topological polar surface area (TPSA) is 77.3 Å². The number of rotatable bonds is 5. The van der Waals surface area contributed by atoms with Crippen molar-refractivity contribution in [3.8, 4) is 0 Å². The summed E-state index contributed by atoms with van der Waals surface area (Å²) < 4.78 is 6.20. The van der Waals surface area contributed by atoms with Crippen LogP contribution in [0.2, 0.25) is 0 Å². The van der Waals surface area contributed by atoms with E-state index in [9.17, 15) is 9.59 Å². The lowest BCUT2D eigenvalue weighted by atomic mass is 10.2. The molecule has 0 aliphatic rings. The molecule has 0 saturated heterocycles. The summed E-state index contributed by atoms with van der Waals surface area (Å²) in [6.07, 6.45) is 0.928. The third-order valence-corrected chi connectivity index (χ3v) is 2.59. The molecular formula is C11H18N4O3. The summed E-state index contributed by atoms with van der Waals surface area (Å²) in [6.45, 7) is 2.31. The van der Waals surface area contributed by atoms with Gasteiger partial charge in [0.2, 0.25) is 5.91 Å². The maximum absolute atomic E-state index is 11.5. The first-order valence-corrected chi connectivity index (χ1v) is 5.72. The van der Waals surface area contributed by atoms with Crippen LogP contribution in [0.5, 0.6) is 0 Å². The number of aromatic nitrogens is 3. The van der Waals surface area contributed by atoms with E-state index in [1.165, 1.54) is 12.0 Å². The van der Waals surface area contributed by atoms with Crippen molar-refractivity contribution in [2.45, 2.75) is 26.3 Å². The molecular weight excluding hydrogens is 236 g/mol. The predicted octanol–water partition coefficient (Wildman–Crippen LogP) is 0.105. The number of hydrogen-bond donors (Lipinski definition) is 0. The molecule has 0 saturated carbocycles. The van der Waals surface area contributed by atoms with Gasteiger partial charge in [-0.25, -0.2) is 9.48 Å². The highest BCUT2D eigenvalue weighted by Gasteiger charge is 2.19. The highest BCUT2D eigenvalue weighted by molar-refractivity contribution is 5.88. The Balaban J connectivity index is 2.81. The molecule has 0 fully saturated rings. The van der Waals surface area contributed by atoms with Crippen LogP contribution < -0.4 is 0 Å². The molecule has 100 valence electrons. The molecule has 0 radical (unpaired) electrons. The Morgan fingerprint density at radius 1 is 1.39 bits per heavy atom. The van der Waals surface area contributed by atoms with E-state index in [1.54, 1.807) is 18.8 Å². The van der Waals surface area contributed by atoms with E-state index in [0.717, 1.165) is 0 Å². The SMILES string of the molecule is CCc1c(C(=O)OC)nnn1CCC(=O)N(C)C. The fourth-order valence-corrected chi connectivity index (χ4v) is 1.54. The normalized spacial score (nSPS) is 10.2. The van der Waals surface area contributed by atoms with Gasteiger partial charge in [0, 0.05) is 20.5 Å². The number of methoxy groups -OCH3 is 1. The van der Waals surface area contributed by atoms with Crippen LogP contribution in [0.25, 0.3) is 0 Å². The number of esters is 1. The van der Waals surface area contributed by atoms with Gasteiger partial charge in [-0.3, -0.25) is 4.79 Å². The number of aryl methyl sites for hydroxylation is 1. The molecule has 1 amide bonds. The molecule has 0 atom stereocenters. The van der Waals surface area contributed by atoms with Gasteiger partial charge in [-0.2, -0.15) is 0 Å². The average molecular weight is 254 g/mol. The Kier molecular flexibility index (Phi) is 4.82. The van der Waals surface area contributed by atoms with E-state index in [1.807, 2.05) is 6.92 Å². The van der Waals surface area contributed by atoms with E-state index in [2.05, 4.69) is 15.0 Å². The van der Waals surface area contributed by atoms with Gasteiger partial charge in [0.15, 0.2) is 5.69 Å². The Bertz CT molecular complexity index is 439. The highest BCUT2D eigenvalue weighted by Crippen LogP contribution is 2.08. The van der Waals surface area contributed by atoms with Gasteiger partial charge in [0.25, 0.3) is 0 Å². The van der Waals surface area contributed by atoms with Gasteiger partial charge >= 0.3 is 5.97 Å². The Morgan fingerprint density at radius 2 is 2.06 bits per heavy atom. The fraction of sp³-hybridized carbons (Fsp3) is 0.636. The molecule has 1 rings (SSSR count). The van der Waals surface area contributed by atoms with Crippen LogP contribution in [0.3, 0.4) is 0 Å². The van der Waals surface area contributed by atoms with Crippen molar-refractivity contribution in [2.24, 2.45) is 0 Å². The first-order chi connectivity index (χ1) is 8.51. The molecule has 0 aliphatic carbocycles. The summed E-state index contributed by atoms with van der Waals surface area (Å²) in [4.78, 5) is 24.4. The Labute approximate surface area is 106 Å². The van der Waals surface area contributed by atoms with Crippen molar-refractivity contribution in [3.05, 3.63) is 11.4 Å². The van der Waals surface area contributed by atoms with Crippen LogP contribution in [-0.2, 0) is 22.5 Å². The zero-order valence-electron chi connectivity index (χ0n) is 11.1. The number of carbonyl (C=O) groups excluding carboxylic acids is 2. The van der Waals surface area contributed by atoms with E-state index >= 15 is 0 Å². The van der Waals surface area contributed by atoms with Crippen LogP contribution in [-0.4, -0.2) is 53.0 Å². The monoisotopic (exact) mass is 254 g/mol. The average Bonchev–Trinajstić information content (AvgIpc) is 2.77. The number of ether oxygens (including phenoxy) is 1. The van der Waals surface area contributed by atoms with Gasteiger partial charge in [0.05, 0.1) is 19.3 Å². The number of hydrogen-bond acceptors (Lipinski definition) is 5. The lowest BCUT2D eigenvalue weighted by Gasteiger charge is -2.10. The summed E-state index contributed by atoms with van der Waals surface area (Å²) in [7, 11) is 4.70. The van der Waals surface area contributed by atoms with E-state index < -0.39 is 5.97 Å². The standard InChI is InChI=1S/C11H18N4O3/c1-5-8-10(11(17)18-4)12-13-15(8)7-6-9(16)14(2)3/h5-7H2,1-4H3. The van der Waals surface area contributed by atoms with Crippen molar-refractivity contribution in [2.75, 3.05) is 21.2 Å². The van der Waals surface area contributed by atoms with Crippen molar-refractivity contribution < 1.29 is 14.3 Å². The molecule has 0 bridgehead atoms. The second-order valence-corrected chi connectivity index (χ2v) is 3.99. The highest BCUT2D eigenvalue weighted by atomic mass is 16.5. The first kappa shape index (κ1) is 14.1. The lowest BCUT2D eigenvalue weighted by molar-refractivity contribution is -0.128. The minimum absolute atomic E-state index is 0.00664.